The van der Waals surface area contributed by atoms with Gasteiger partial charge in [0.1, 0.15) is 0 Å². The maximum Gasteiger partial charge on any atom is 0.0357 e. The molecule has 0 radical (unpaired) electrons. The Hall–Kier alpha value is -0.520. The van der Waals surface area contributed by atoms with Crippen LogP contribution in [0.5, 0.6) is 0 Å². The number of nitrogens with zero attached hydrogens (tertiary/aromatic N) is 1. The van der Waals surface area contributed by atoms with Gasteiger partial charge in [0.2, 0.25) is 0 Å². The Morgan fingerprint density at radius 3 is 2.26 bits per heavy atom. The molecule has 1 saturated heterocycles. The average molecular weight is 264 g/mol. The molecule has 0 aromatic rings. The van der Waals surface area contributed by atoms with Crippen molar-refractivity contribution in [2.75, 3.05) is 19.6 Å². The van der Waals surface area contributed by atoms with Crippen molar-refractivity contribution in [3.05, 3.63) is 0 Å². The molecule has 0 aliphatic carbocycles. The second kappa shape index (κ2) is 8.61. The summed E-state index contributed by atoms with van der Waals surface area (Å²) in [4.78, 5) is 2.75. The van der Waals surface area contributed by atoms with Gasteiger partial charge in [0.05, 0.1) is 0 Å². The molecule has 1 aliphatic heterocycles. The lowest BCUT2D eigenvalue weighted by atomic mass is 9.80. The number of likely N-dealkylation sites (tertiary alicyclic amines) is 1. The summed E-state index contributed by atoms with van der Waals surface area (Å²) in [5.41, 5.74) is 0.335. The highest BCUT2D eigenvalue weighted by atomic mass is 15.2. The summed E-state index contributed by atoms with van der Waals surface area (Å²) in [6.07, 6.45) is 7.41. The Morgan fingerprint density at radius 2 is 1.79 bits per heavy atom. The predicted octanol–water partition coefficient (Wildman–Crippen LogP) is 3.42. The summed E-state index contributed by atoms with van der Waals surface area (Å²) in [6.45, 7) is 12.5. The fourth-order valence-electron chi connectivity index (χ4n) is 3.72. The molecule has 19 heavy (non-hydrogen) atoms. The molecule has 1 unspecified atom stereocenters. The zero-order valence-corrected chi connectivity index (χ0v) is 13.4. The van der Waals surface area contributed by atoms with Crippen molar-refractivity contribution in [1.82, 2.24) is 10.2 Å². The van der Waals surface area contributed by atoms with Gasteiger partial charge in [-0.25, -0.2) is 0 Å². The van der Waals surface area contributed by atoms with Gasteiger partial charge in [0.25, 0.3) is 0 Å². The van der Waals surface area contributed by atoms with E-state index in [1.54, 1.807) is 0 Å². The van der Waals surface area contributed by atoms with Gasteiger partial charge >= 0.3 is 0 Å². The highest BCUT2D eigenvalue weighted by Crippen LogP contribution is 2.33. The van der Waals surface area contributed by atoms with E-state index in [4.69, 9.17) is 0 Å². The zero-order chi connectivity index (χ0) is 14.1. The third kappa shape index (κ3) is 3.97. The fraction of sp³-hybridized carbons (Fsp3) is 0.882. The van der Waals surface area contributed by atoms with E-state index in [1.165, 1.54) is 45.2 Å². The lowest BCUT2D eigenvalue weighted by Crippen LogP contribution is -2.60. The van der Waals surface area contributed by atoms with Crippen molar-refractivity contribution in [3.8, 4) is 11.8 Å². The van der Waals surface area contributed by atoms with Gasteiger partial charge in [-0.3, -0.25) is 4.90 Å². The molecule has 1 N–H and O–H groups in total. The van der Waals surface area contributed by atoms with Crippen molar-refractivity contribution in [1.29, 1.82) is 0 Å². The number of hydrogen-bond donors (Lipinski definition) is 1. The predicted molar refractivity (Wildman–Crippen MR) is 84.3 cm³/mol. The number of likely N-dealkylation sites (N-methyl/N-ethyl adjacent to an activating group) is 1. The third-order valence-electron chi connectivity index (χ3n) is 4.79. The summed E-state index contributed by atoms with van der Waals surface area (Å²) in [6, 6.07) is 0.575. The van der Waals surface area contributed by atoms with Gasteiger partial charge in [-0.05, 0) is 58.7 Å². The molecule has 2 heteroatoms. The van der Waals surface area contributed by atoms with Gasteiger partial charge in [-0.2, -0.15) is 0 Å². The molecule has 1 aliphatic rings. The van der Waals surface area contributed by atoms with E-state index in [-0.39, 0.29) is 0 Å². The summed E-state index contributed by atoms with van der Waals surface area (Å²) in [7, 11) is 0. The van der Waals surface area contributed by atoms with E-state index in [0.717, 1.165) is 13.0 Å². The Labute approximate surface area is 120 Å². The first-order valence-electron chi connectivity index (χ1n) is 8.13. The summed E-state index contributed by atoms with van der Waals surface area (Å²) in [5, 5.41) is 3.75. The first-order chi connectivity index (χ1) is 9.25. The molecule has 1 atom stereocenters. The molecule has 1 rings (SSSR count). The van der Waals surface area contributed by atoms with Crippen LogP contribution in [-0.2, 0) is 0 Å². The van der Waals surface area contributed by atoms with E-state index < -0.39 is 0 Å². The van der Waals surface area contributed by atoms with Crippen molar-refractivity contribution in [3.63, 3.8) is 0 Å². The van der Waals surface area contributed by atoms with Crippen molar-refractivity contribution in [2.45, 2.75) is 77.8 Å². The normalized spacial score (nSPS) is 18.1. The van der Waals surface area contributed by atoms with Gasteiger partial charge in [-0.15, -0.1) is 11.8 Å². The minimum absolute atomic E-state index is 0.335. The van der Waals surface area contributed by atoms with Gasteiger partial charge in [-0.1, -0.05) is 20.8 Å². The lowest BCUT2D eigenvalue weighted by Gasteiger charge is -2.47. The second-order valence-corrected chi connectivity index (χ2v) is 5.58. The largest absolute Gasteiger partial charge is 0.312 e. The number of rotatable bonds is 8. The minimum Gasteiger partial charge on any atom is -0.312 e. The molecular weight excluding hydrogens is 232 g/mol. The zero-order valence-electron chi connectivity index (χ0n) is 13.4. The maximum absolute atomic E-state index is 3.75. The highest BCUT2D eigenvalue weighted by Gasteiger charge is 2.41. The van der Waals surface area contributed by atoms with Crippen LogP contribution in [-0.4, -0.2) is 36.1 Å². The van der Waals surface area contributed by atoms with Gasteiger partial charge < -0.3 is 5.32 Å². The van der Waals surface area contributed by atoms with Crippen LogP contribution in [0.4, 0.5) is 0 Å². The quantitative estimate of drug-likeness (QED) is 0.676. The molecule has 0 saturated carbocycles. The van der Waals surface area contributed by atoms with Crippen LogP contribution in [0.2, 0.25) is 0 Å². The van der Waals surface area contributed by atoms with Crippen LogP contribution >= 0.6 is 0 Å². The summed E-state index contributed by atoms with van der Waals surface area (Å²) in [5.74, 6) is 6.27. The summed E-state index contributed by atoms with van der Waals surface area (Å²) >= 11 is 0. The maximum atomic E-state index is 3.75. The first-order valence-corrected chi connectivity index (χ1v) is 8.13. The fourth-order valence-corrected chi connectivity index (χ4v) is 3.72. The van der Waals surface area contributed by atoms with Crippen LogP contribution < -0.4 is 5.32 Å². The average Bonchev–Trinajstić information content (AvgIpc) is 2.95. The Kier molecular flexibility index (Phi) is 7.49. The molecule has 0 spiro atoms. The Morgan fingerprint density at radius 1 is 1.16 bits per heavy atom. The highest BCUT2D eigenvalue weighted by molar-refractivity contribution is 5.03. The molecule has 0 aromatic carbocycles. The standard InChI is InChI=1S/C17H32N2/c1-5-9-10-13-16(18-8-4)17(6-2,7-3)19-14-11-12-15-19/h16,18H,6-8,10-15H2,1-4H3. The van der Waals surface area contributed by atoms with Crippen LogP contribution in [0.1, 0.15) is 66.2 Å². The van der Waals surface area contributed by atoms with E-state index >= 15 is 0 Å². The molecule has 0 aromatic heterocycles. The van der Waals surface area contributed by atoms with E-state index in [2.05, 4.69) is 42.8 Å². The van der Waals surface area contributed by atoms with Crippen molar-refractivity contribution in [2.24, 2.45) is 0 Å². The number of hydrogen-bond acceptors (Lipinski definition) is 2. The number of nitrogens with one attached hydrogen (secondary N) is 1. The second-order valence-electron chi connectivity index (χ2n) is 5.58. The van der Waals surface area contributed by atoms with Crippen LogP contribution in [0, 0.1) is 11.8 Å². The van der Waals surface area contributed by atoms with Crippen LogP contribution in [0.15, 0.2) is 0 Å². The molecular formula is C17H32N2. The molecule has 1 fully saturated rings. The minimum atomic E-state index is 0.335. The lowest BCUT2D eigenvalue weighted by molar-refractivity contribution is 0.0598. The van der Waals surface area contributed by atoms with E-state index in [0.29, 0.717) is 11.6 Å². The third-order valence-corrected chi connectivity index (χ3v) is 4.79. The summed E-state index contributed by atoms with van der Waals surface area (Å²) < 4.78 is 0. The van der Waals surface area contributed by atoms with Crippen molar-refractivity contribution >= 4 is 0 Å². The van der Waals surface area contributed by atoms with E-state index in [9.17, 15) is 0 Å². The van der Waals surface area contributed by atoms with Crippen molar-refractivity contribution < 1.29 is 0 Å². The van der Waals surface area contributed by atoms with Crippen LogP contribution in [0.25, 0.3) is 0 Å². The monoisotopic (exact) mass is 264 g/mol. The van der Waals surface area contributed by atoms with Gasteiger partial charge in [0.15, 0.2) is 0 Å². The molecule has 0 amide bonds. The molecule has 110 valence electrons. The Balaban J connectivity index is 2.84. The van der Waals surface area contributed by atoms with Gasteiger partial charge in [0, 0.05) is 18.0 Å². The van der Waals surface area contributed by atoms with E-state index in [1.807, 2.05) is 6.92 Å². The smallest absolute Gasteiger partial charge is 0.0357 e. The molecule has 1 heterocycles. The molecule has 2 nitrogen and oxygen atoms in total. The first kappa shape index (κ1) is 16.5. The Bertz CT molecular complexity index is 290. The SMILES string of the molecule is CC#CCCC(NCC)C(CC)(CC)N1CCCC1. The topological polar surface area (TPSA) is 15.3 Å². The van der Waals surface area contributed by atoms with Crippen LogP contribution in [0.3, 0.4) is 0 Å². The molecule has 0 bridgehead atoms.